The third-order valence-corrected chi connectivity index (χ3v) is 6.01. The number of ether oxygens (including phenoxy) is 1. The van der Waals surface area contributed by atoms with Gasteiger partial charge in [-0.15, -0.1) is 0 Å². The van der Waals surface area contributed by atoms with Crippen molar-refractivity contribution in [3.63, 3.8) is 0 Å². The molecule has 3 rings (SSSR count). The van der Waals surface area contributed by atoms with Crippen LogP contribution in [0, 0.1) is 5.41 Å². The van der Waals surface area contributed by atoms with Gasteiger partial charge in [0.25, 0.3) is 0 Å². The number of amides is 1. The van der Waals surface area contributed by atoms with Gasteiger partial charge < -0.3 is 15.8 Å². The number of rotatable bonds is 6. The summed E-state index contributed by atoms with van der Waals surface area (Å²) in [4.78, 5) is 12.7. The lowest BCUT2D eigenvalue weighted by atomic mass is 10.1. The van der Waals surface area contributed by atoms with E-state index in [0.29, 0.717) is 22.0 Å². The van der Waals surface area contributed by atoms with Crippen LogP contribution in [0.5, 0.6) is 5.75 Å². The van der Waals surface area contributed by atoms with Crippen molar-refractivity contribution in [1.29, 1.82) is 5.41 Å². The molecule has 154 valence electrons. The Hall–Kier alpha value is -2.62. The number of benzene rings is 2. The van der Waals surface area contributed by atoms with Crippen molar-refractivity contribution >= 4 is 39.1 Å². The van der Waals surface area contributed by atoms with Gasteiger partial charge in [-0.2, -0.15) is 4.31 Å². The molecule has 1 fully saturated rings. The van der Waals surface area contributed by atoms with Gasteiger partial charge in [0.15, 0.2) is 0 Å². The molecular formula is C19H21ClN4O4S. The molecule has 1 aliphatic heterocycles. The van der Waals surface area contributed by atoms with Crippen LogP contribution in [0.3, 0.4) is 0 Å². The monoisotopic (exact) mass is 436 g/mol. The Labute approximate surface area is 174 Å². The second kappa shape index (κ2) is 8.40. The molecule has 2 atom stereocenters. The third kappa shape index (κ3) is 5.26. The Kier molecular flexibility index (Phi) is 6.11. The molecule has 29 heavy (non-hydrogen) atoms. The van der Waals surface area contributed by atoms with Crippen LogP contribution in [-0.2, 0) is 14.8 Å². The summed E-state index contributed by atoms with van der Waals surface area (Å²) in [6.45, 7) is 0.0435. The standard InChI is InChI=1S/C19H21ClN4O4S/c1-29(26,27)24-11-16(28-15-4-2-3-12(9-15)18(21)22)10-17(24)19(25)23-14-7-5-13(20)6-8-14/h2-9,16-17H,10-11H2,1H3,(H3,21,22)(H,23,25). The molecule has 2 unspecified atom stereocenters. The van der Waals surface area contributed by atoms with Gasteiger partial charge in [-0.3, -0.25) is 10.2 Å². The molecule has 0 aromatic heterocycles. The van der Waals surface area contributed by atoms with Crippen molar-refractivity contribution in [3.8, 4) is 5.75 Å². The highest BCUT2D eigenvalue weighted by Gasteiger charge is 2.42. The lowest BCUT2D eigenvalue weighted by Gasteiger charge is -2.20. The molecular weight excluding hydrogens is 416 g/mol. The molecule has 0 saturated carbocycles. The maximum Gasteiger partial charge on any atom is 0.242 e. The number of sulfonamides is 1. The van der Waals surface area contributed by atoms with E-state index in [0.717, 1.165) is 10.6 Å². The number of nitrogens with one attached hydrogen (secondary N) is 2. The lowest BCUT2D eigenvalue weighted by Crippen LogP contribution is -2.42. The highest BCUT2D eigenvalue weighted by atomic mass is 35.5. The molecule has 10 heteroatoms. The van der Waals surface area contributed by atoms with Gasteiger partial charge >= 0.3 is 0 Å². The van der Waals surface area contributed by atoms with Crippen LogP contribution in [0.4, 0.5) is 5.69 Å². The van der Waals surface area contributed by atoms with Gasteiger partial charge in [-0.1, -0.05) is 23.7 Å². The first-order chi connectivity index (χ1) is 13.6. The molecule has 0 spiro atoms. The van der Waals surface area contributed by atoms with Crippen molar-refractivity contribution in [2.75, 3.05) is 18.1 Å². The number of hydrogen-bond acceptors (Lipinski definition) is 5. The number of hydrogen-bond donors (Lipinski definition) is 3. The number of nitrogens with two attached hydrogens (primary N) is 1. The number of nitrogens with zero attached hydrogens (tertiary/aromatic N) is 1. The smallest absolute Gasteiger partial charge is 0.242 e. The topological polar surface area (TPSA) is 126 Å². The lowest BCUT2D eigenvalue weighted by molar-refractivity contribution is -0.119. The number of amidine groups is 1. The molecule has 0 aliphatic carbocycles. The fourth-order valence-electron chi connectivity index (χ4n) is 3.15. The Balaban J connectivity index is 1.76. The fourth-order valence-corrected chi connectivity index (χ4v) is 4.35. The summed E-state index contributed by atoms with van der Waals surface area (Å²) < 4.78 is 31.4. The van der Waals surface area contributed by atoms with Crippen LogP contribution in [0.15, 0.2) is 48.5 Å². The van der Waals surface area contributed by atoms with E-state index in [1.165, 1.54) is 0 Å². The molecule has 1 heterocycles. The molecule has 1 amide bonds. The molecule has 1 saturated heterocycles. The summed E-state index contributed by atoms with van der Waals surface area (Å²) in [5, 5.41) is 10.8. The highest BCUT2D eigenvalue weighted by molar-refractivity contribution is 7.88. The predicted molar refractivity (Wildman–Crippen MR) is 112 cm³/mol. The third-order valence-electron chi connectivity index (χ3n) is 4.51. The van der Waals surface area contributed by atoms with Crippen molar-refractivity contribution in [2.45, 2.75) is 18.6 Å². The van der Waals surface area contributed by atoms with E-state index in [9.17, 15) is 13.2 Å². The Bertz CT molecular complexity index is 1030. The molecule has 1 aliphatic rings. The van der Waals surface area contributed by atoms with E-state index in [4.69, 9.17) is 27.5 Å². The van der Waals surface area contributed by atoms with Crippen LogP contribution in [-0.4, -0.2) is 49.4 Å². The summed E-state index contributed by atoms with van der Waals surface area (Å²) >= 11 is 5.85. The molecule has 0 radical (unpaired) electrons. The van der Waals surface area contributed by atoms with Crippen molar-refractivity contribution in [1.82, 2.24) is 4.31 Å². The van der Waals surface area contributed by atoms with E-state index < -0.39 is 28.1 Å². The SMILES string of the molecule is CS(=O)(=O)N1CC(Oc2cccc(C(=N)N)c2)CC1C(=O)Nc1ccc(Cl)cc1. The fraction of sp³-hybridized carbons (Fsp3) is 0.263. The molecule has 0 bridgehead atoms. The van der Waals surface area contributed by atoms with Gasteiger partial charge in [-0.05, 0) is 36.4 Å². The summed E-state index contributed by atoms with van der Waals surface area (Å²) in [6.07, 6.45) is 0.735. The summed E-state index contributed by atoms with van der Waals surface area (Å²) in [6, 6.07) is 12.3. The van der Waals surface area contributed by atoms with Gasteiger partial charge in [-0.25, -0.2) is 8.42 Å². The predicted octanol–water partition coefficient (Wildman–Crippen LogP) is 2.04. The zero-order chi connectivity index (χ0) is 21.2. The van der Waals surface area contributed by atoms with E-state index in [1.54, 1.807) is 48.5 Å². The second-order valence-electron chi connectivity index (χ2n) is 6.76. The largest absolute Gasteiger partial charge is 0.489 e. The Morgan fingerprint density at radius 2 is 1.97 bits per heavy atom. The minimum absolute atomic E-state index is 0.0435. The van der Waals surface area contributed by atoms with Crippen LogP contribution < -0.4 is 15.8 Å². The maximum atomic E-state index is 12.7. The number of anilines is 1. The van der Waals surface area contributed by atoms with E-state index in [1.807, 2.05) is 0 Å². The summed E-state index contributed by atoms with van der Waals surface area (Å²) in [5.41, 5.74) is 6.51. The van der Waals surface area contributed by atoms with Gasteiger partial charge in [0, 0.05) is 22.7 Å². The van der Waals surface area contributed by atoms with Crippen LogP contribution in [0.25, 0.3) is 0 Å². The van der Waals surface area contributed by atoms with Crippen molar-refractivity contribution in [3.05, 3.63) is 59.1 Å². The van der Waals surface area contributed by atoms with Crippen molar-refractivity contribution in [2.24, 2.45) is 5.73 Å². The zero-order valence-corrected chi connectivity index (χ0v) is 17.2. The second-order valence-corrected chi connectivity index (χ2v) is 9.13. The van der Waals surface area contributed by atoms with Crippen LogP contribution >= 0.6 is 11.6 Å². The van der Waals surface area contributed by atoms with Gasteiger partial charge in [0.2, 0.25) is 15.9 Å². The average Bonchev–Trinajstić information content (AvgIpc) is 3.08. The zero-order valence-electron chi connectivity index (χ0n) is 15.6. The quantitative estimate of drug-likeness (QED) is 0.472. The summed E-state index contributed by atoms with van der Waals surface area (Å²) in [5.74, 6) is -0.0869. The first-order valence-corrected chi connectivity index (χ1v) is 11.0. The van der Waals surface area contributed by atoms with E-state index >= 15 is 0 Å². The minimum atomic E-state index is -3.63. The molecule has 2 aromatic carbocycles. The van der Waals surface area contributed by atoms with Crippen molar-refractivity contribution < 1.29 is 17.9 Å². The Morgan fingerprint density at radius 1 is 1.28 bits per heavy atom. The first kappa shape index (κ1) is 21.1. The highest BCUT2D eigenvalue weighted by Crippen LogP contribution is 2.27. The van der Waals surface area contributed by atoms with Gasteiger partial charge in [0.1, 0.15) is 23.7 Å². The minimum Gasteiger partial charge on any atom is -0.489 e. The average molecular weight is 437 g/mol. The summed E-state index contributed by atoms with van der Waals surface area (Å²) in [7, 11) is -3.63. The number of halogens is 1. The Morgan fingerprint density at radius 3 is 2.59 bits per heavy atom. The van der Waals surface area contributed by atoms with E-state index in [2.05, 4.69) is 5.32 Å². The van der Waals surface area contributed by atoms with E-state index in [-0.39, 0.29) is 18.8 Å². The normalized spacial score (nSPS) is 19.7. The van der Waals surface area contributed by atoms with Gasteiger partial charge in [0.05, 0.1) is 12.8 Å². The molecule has 4 N–H and O–H groups in total. The maximum absolute atomic E-state index is 12.7. The number of carbonyl (C=O) groups is 1. The number of carbonyl (C=O) groups excluding carboxylic acids is 1. The molecule has 2 aromatic rings. The van der Waals surface area contributed by atoms with Crippen LogP contribution in [0.1, 0.15) is 12.0 Å². The first-order valence-electron chi connectivity index (χ1n) is 8.78. The molecule has 8 nitrogen and oxygen atoms in total. The number of nitrogen functional groups attached to an aromatic ring is 1. The van der Waals surface area contributed by atoms with Crippen LogP contribution in [0.2, 0.25) is 5.02 Å².